The number of aromatic hydroxyl groups is 1. The van der Waals surface area contributed by atoms with Crippen molar-refractivity contribution in [3.8, 4) is 11.5 Å². The van der Waals surface area contributed by atoms with Gasteiger partial charge in [-0.3, -0.25) is 4.79 Å². The van der Waals surface area contributed by atoms with Gasteiger partial charge in [-0.15, -0.1) is 6.58 Å². The van der Waals surface area contributed by atoms with Crippen molar-refractivity contribution in [2.75, 3.05) is 12.3 Å². The number of carbonyl (C=O) groups excluding carboxylic acids is 1. The van der Waals surface area contributed by atoms with Crippen LogP contribution >= 0.6 is 0 Å². The fraction of sp³-hybridized carbons (Fsp3) is 0.150. The van der Waals surface area contributed by atoms with E-state index in [1.807, 2.05) is 6.92 Å². The first-order chi connectivity index (χ1) is 11.5. The summed E-state index contributed by atoms with van der Waals surface area (Å²) in [7, 11) is 0. The summed E-state index contributed by atoms with van der Waals surface area (Å²) >= 11 is 0. The third-order valence-corrected chi connectivity index (χ3v) is 3.48. The molecule has 0 saturated carbocycles. The van der Waals surface area contributed by atoms with Gasteiger partial charge < -0.3 is 15.6 Å². The number of ketones is 1. The molecule has 0 unspecified atom stereocenters. The smallest absolute Gasteiger partial charge is 0.185 e. The Kier molecular flexibility index (Phi) is 5.79. The summed E-state index contributed by atoms with van der Waals surface area (Å²) in [4.78, 5) is 12.2. The molecule has 124 valence electrons. The number of nitrogen functional groups attached to an aromatic ring is 1. The molecule has 0 bridgehead atoms. The molecule has 0 aliphatic carbocycles. The van der Waals surface area contributed by atoms with Gasteiger partial charge >= 0.3 is 0 Å². The van der Waals surface area contributed by atoms with Crippen molar-refractivity contribution in [2.24, 2.45) is 0 Å². The van der Waals surface area contributed by atoms with Gasteiger partial charge in [-0.05, 0) is 61.4 Å². The van der Waals surface area contributed by atoms with E-state index in [1.54, 1.807) is 48.6 Å². The molecule has 2 aromatic rings. The van der Waals surface area contributed by atoms with Gasteiger partial charge in [-0.1, -0.05) is 6.08 Å². The number of allylic oxidation sites excluding steroid dienone is 2. The average molecular weight is 323 g/mol. The Morgan fingerprint density at radius 3 is 2.62 bits per heavy atom. The van der Waals surface area contributed by atoms with Crippen molar-refractivity contribution >= 4 is 17.5 Å². The van der Waals surface area contributed by atoms with Gasteiger partial charge in [-0.2, -0.15) is 0 Å². The van der Waals surface area contributed by atoms with Gasteiger partial charge in [0, 0.05) is 22.9 Å². The van der Waals surface area contributed by atoms with E-state index in [-0.39, 0.29) is 11.5 Å². The van der Waals surface area contributed by atoms with E-state index in [2.05, 4.69) is 6.58 Å². The van der Waals surface area contributed by atoms with E-state index in [9.17, 15) is 9.90 Å². The van der Waals surface area contributed by atoms with Crippen molar-refractivity contribution in [2.45, 2.75) is 13.3 Å². The lowest BCUT2D eigenvalue weighted by molar-refractivity contribution is 0.104. The fourth-order valence-corrected chi connectivity index (χ4v) is 2.27. The lowest BCUT2D eigenvalue weighted by Crippen LogP contribution is -1.97. The molecule has 0 radical (unpaired) electrons. The summed E-state index contributed by atoms with van der Waals surface area (Å²) in [6.07, 6.45) is 5.42. The molecule has 0 aliphatic heterocycles. The van der Waals surface area contributed by atoms with E-state index >= 15 is 0 Å². The van der Waals surface area contributed by atoms with Crippen LogP contribution in [0.1, 0.15) is 28.4 Å². The molecule has 0 fully saturated rings. The topological polar surface area (TPSA) is 72.6 Å². The quantitative estimate of drug-likeness (QED) is 0.350. The Hall–Kier alpha value is -3.01. The third-order valence-electron chi connectivity index (χ3n) is 3.48. The van der Waals surface area contributed by atoms with Crippen molar-refractivity contribution in [1.29, 1.82) is 0 Å². The van der Waals surface area contributed by atoms with E-state index < -0.39 is 0 Å². The summed E-state index contributed by atoms with van der Waals surface area (Å²) in [6, 6.07) is 10.1. The summed E-state index contributed by atoms with van der Waals surface area (Å²) in [5, 5.41) is 10.0. The Labute approximate surface area is 141 Å². The molecule has 2 aromatic carbocycles. The molecule has 0 saturated heterocycles. The fourth-order valence-electron chi connectivity index (χ4n) is 2.27. The minimum atomic E-state index is -0.129. The number of nitrogens with two attached hydrogens (primary N) is 1. The number of benzene rings is 2. The molecular formula is C20H21NO3. The Bertz CT molecular complexity index is 761. The summed E-state index contributed by atoms with van der Waals surface area (Å²) in [5.41, 5.74) is 8.26. The van der Waals surface area contributed by atoms with Crippen LogP contribution in [-0.4, -0.2) is 17.5 Å². The van der Waals surface area contributed by atoms with Crippen LogP contribution in [0.5, 0.6) is 11.5 Å². The standard InChI is InChI=1S/C20H21NO3/c1-3-5-15-12-16(20(24-4-2)13-19(15)23)8-11-18(22)14-6-9-17(21)10-7-14/h3,6-13,23H,1,4-5,21H2,2H3. The van der Waals surface area contributed by atoms with Crippen LogP contribution in [0.2, 0.25) is 0 Å². The predicted molar refractivity (Wildman–Crippen MR) is 97.4 cm³/mol. The molecule has 0 heterocycles. The van der Waals surface area contributed by atoms with Gasteiger partial charge in [0.1, 0.15) is 11.5 Å². The number of hydrogen-bond acceptors (Lipinski definition) is 4. The second-order valence-corrected chi connectivity index (χ2v) is 5.26. The molecule has 0 amide bonds. The van der Waals surface area contributed by atoms with E-state index in [4.69, 9.17) is 10.5 Å². The van der Waals surface area contributed by atoms with E-state index in [0.717, 1.165) is 11.1 Å². The summed E-state index contributed by atoms with van der Waals surface area (Å²) in [5.74, 6) is 0.556. The maximum absolute atomic E-state index is 12.2. The Morgan fingerprint density at radius 1 is 1.29 bits per heavy atom. The lowest BCUT2D eigenvalue weighted by atomic mass is 10.0. The zero-order valence-corrected chi connectivity index (χ0v) is 13.7. The third kappa shape index (κ3) is 4.26. The first-order valence-electron chi connectivity index (χ1n) is 7.72. The molecule has 0 aliphatic rings. The number of ether oxygens (including phenoxy) is 1. The lowest BCUT2D eigenvalue weighted by Gasteiger charge is -2.11. The van der Waals surface area contributed by atoms with Gasteiger partial charge in [0.25, 0.3) is 0 Å². The largest absolute Gasteiger partial charge is 0.508 e. The maximum atomic E-state index is 12.2. The first-order valence-corrected chi connectivity index (χ1v) is 7.72. The van der Waals surface area contributed by atoms with Crippen LogP contribution in [0.4, 0.5) is 5.69 Å². The summed E-state index contributed by atoms with van der Waals surface area (Å²) < 4.78 is 5.54. The van der Waals surface area contributed by atoms with Crippen molar-refractivity contribution < 1.29 is 14.6 Å². The van der Waals surface area contributed by atoms with Crippen molar-refractivity contribution in [1.82, 2.24) is 0 Å². The number of phenolic OH excluding ortho intramolecular Hbond substituents is 1. The number of anilines is 1. The zero-order chi connectivity index (χ0) is 17.5. The van der Waals surface area contributed by atoms with Crippen molar-refractivity contribution in [3.05, 3.63) is 71.8 Å². The van der Waals surface area contributed by atoms with Gasteiger partial charge in [0.15, 0.2) is 5.78 Å². The molecule has 4 heteroatoms. The van der Waals surface area contributed by atoms with E-state index in [0.29, 0.717) is 30.0 Å². The van der Waals surface area contributed by atoms with Crippen LogP contribution < -0.4 is 10.5 Å². The molecule has 3 N–H and O–H groups in total. The van der Waals surface area contributed by atoms with Crippen molar-refractivity contribution in [3.63, 3.8) is 0 Å². The highest BCUT2D eigenvalue weighted by Gasteiger charge is 2.09. The highest BCUT2D eigenvalue weighted by Crippen LogP contribution is 2.30. The molecule has 4 nitrogen and oxygen atoms in total. The Balaban J connectivity index is 2.31. The van der Waals surface area contributed by atoms with Crippen LogP contribution in [0.15, 0.2) is 55.1 Å². The van der Waals surface area contributed by atoms with Gasteiger partial charge in [-0.25, -0.2) is 0 Å². The second-order valence-electron chi connectivity index (χ2n) is 5.26. The molecular weight excluding hydrogens is 302 g/mol. The maximum Gasteiger partial charge on any atom is 0.185 e. The molecule has 0 spiro atoms. The van der Waals surface area contributed by atoms with Crippen LogP contribution in [0.3, 0.4) is 0 Å². The number of rotatable bonds is 7. The number of phenols is 1. The van der Waals surface area contributed by atoms with E-state index in [1.165, 1.54) is 6.08 Å². The zero-order valence-electron chi connectivity index (χ0n) is 13.7. The summed E-state index contributed by atoms with van der Waals surface area (Å²) in [6.45, 7) is 6.01. The molecule has 2 rings (SSSR count). The van der Waals surface area contributed by atoms with Gasteiger partial charge in [0.05, 0.1) is 6.61 Å². The number of carbonyl (C=O) groups is 1. The van der Waals surface area contributed by atoms with Gasteiger partial charge in [0.2, 0.25) is 0 Å². The number of hydrogen-bond donors (Lipinski definition) is 2. The van der Waals surface area contributed by atoms with Crippen LogP contribution in [0, 0.1) is 0 Å². The van der Waals surface area contributed by atoms with Crippen LogP contribution in [-0.2, 0) is 6.42 Å². The Morgan fingerprint density at radius 2 is 2.00 bits per heavy atom. The minimum Gasteiger partial charge on any atom is -0.508 e. The SMILES string of the molecule is C=CCc1cc(C=CC(=O)c2ccc(N)cc2)c(OCC)cc1O. The highest BCUT2D eigenvalue weighted by atomic mass is 16.5. The second kappa shape index (κ2) is 8.02. The highest BCUT2D eigenvalue weighted by molar-refractivity contribution is 6.07. The first kappa shape index (κ1) is 17.3. The normalized spacial score (nSPS) is 10.7. The van der Waals surface area contributed by atoms with Crippen LogP contribution in [0.25, 0.3) is 6.08 Å². The molecule has 0 aromatic heterocycles. The molecule has 24 heavy (non-hydrogen) atoms. The monoisotopic (exact) mass is 323 g/mol. The average Bonchev–Trinajstić information content (AvgIpc) is 2.57. The molecule has 0 atom stereocenters. The minimum absolute atomic E-state index is 0.129. The predicted octanol–water partition coefficient (Wildman–Crippen LogP) is 4.00.